The lowest BCUT2D eigenvalue weighted by Gasteiger charge is -2.36. The maximum atomic E-state index is 12.7. The van der Waals surface area contributed by atoms with Gasteiger partial charge in [0.25, 0.3) is 0 Å². The first kappa shape index (κ1) is 16.3. The summed E-state index contributed by atoms with van der Waals surface area (Å²) in [5.41, 5.74) is -0.0267. The Labute approximate surface area is 128 Å². The molecule has 0 aromatic rings. The highest BCUT2D eigenvalue weighted by Gasteiger charge is 2.37. The van der Waals surface area contributed by atoms with Crippen molar-refractivity contribution in [2.24, 2.45) is 5.41 Å². The quantitative estimate of drug-likeness (QED) is 0.768. The van der Waals surface area contributed by atoms with Gasteiger partial charge in [0.15, 0.2) is 0 Å². The lowest BCUT2D eigenvalue weighted by molar-refractivity contribution is -0.145. The molecule has 21 heavy (non-hydrogen) atoms. The average Bonchev–Trinajstić information content (AvgIpc) is 2.86. The number of amides is 2. The summed E-state index contributed by atoms with van der Waals surface area (Å²) in [7, 11) is 2.08. The number of carbonyl (C=O) groups is 2. The van der Waals surface area contributed by atoms with Gasteiger partial charge in [-0.05, 0) is 25.3 Å². The first-order valence-corrected chi connectivity index (χ1v) is 8.05. The molecule has 0 N–H and O–H groups in total. The van der Waals surface area contributed by atoms with Gasteiger partial charge in [0.2, 0.25) is 11.8 Å². The summed E-state index contributed by atoms with van der Waals surface area (Å²) in [5.74, 6) is 0.287. The third kappa shape index (κ3) is 4.19. The Balaban J connectivity index is 1.98. The van der Waals surface area contributed by atoms with Gasteiger partial charge in [-0.15, -0.1) is 0 Å². The molecule has 0 bridgehead atoms. The van der Waals surface area contributed by atoms with Crippen LogP contribution >= 0.6 is 0 Å². The van der Waals surface area contributed by atoms with Crippen molar-refractivity contribution in [1.29, 1.82) is 0 Å². The zero-order chi connectivity index (χ0) is 15.6. The van der Waals surface area contributed by atoms with Gasteiger partial charge in [0.05, 0.1) is 0 Å². The normalized spacial score (nSPS) is 24.5. The molecule has 120 valence electrons. The second-order valence-corrected chi connectivity index (χ2v) is 7.61. The summed E-state index contributed by atoms with van der Waals surface area (Å²) < 4.78 is 0. The van der Waals surface area contributed by atoms with Crippen LogP contribution < -0.4 is 0 Å². The number of hydrogen-bond donors (Lipinski definition) is 0. The topological polar surface area (TPSA) is 43.9 Å². The molecule has 2 amide bonds. The summed E-state index contributed by atoms with van der Waals surface area (Å²) >= 11 is 0. The van der Waals surface area contributed by atoms with Gasteiger partial charge in [-0.2, -0.15) is 0 Å². The molecule has 5 nitrogen and oxygen atoms in total. The van der Waals surface area contributed by atoms with Crippen molar-refractivity contribution in [3.8, 4) is 0 Å². The van der Waals surface area contributed by atoms with Crippen molar-refractivity contribution < 1.29 is 9.59 Å². The number of piperazine rings is 1. The monoisotopic (exact) mass is 295 g/mol. The van der Waals surface area contributed by atoms with E-state index in [1.807, 2.05) is 9.80 Å². The molecule has 2 saturated heterocycles. The molecule has 2 rings (SSSR count). The Bertz CT molecular complexity index is 395. The van der Waals surface area contributed by atoms with Gasteiger partial charge < -0.3 is 14.7 Å². The standard InChI is InChI=1S/C16H29N3O2/c1-16(2,3)12-14(20)19-7-5-6-13(19)15(21)18-10-8-17(4)9-11-18/h13H,5-12H2,1-4H3. The van der Waals surface area contributed by atoms with Crippen molar-refractivity contribution in [3.63, 3.8) is 0 Å². The fourth-order valence-electron chi connectivity index (χ4n) is 3.11. The van der Waals surface area contributed by atoms with E-state index < -0.39 is 0 Å². The number of nitrogens with zero attached hydrogens (tertiary/aromatic N) is 3. The number of hydrogen-bond acceptors (Lipinski definition) is 3. The molecular weight excluding hydrogens is 266 g/mol. The molecule has 2 heterocycles. The maximum absolute atomic E-state index is 12.7. The molecule has 0 aliphatic carbocycles. The highest BCUT2D eigenvalue weighted by Crippen LogP contribution is 2.25. The van der Waals surface area contributed by atoms with Crippen LogP contribution in [0.3, 0.4) is 0 Å². The molecule has 2 aliphatic rings. The van der Waals surface area contributed by atoms with E-state index >= 15 is 0 Å². The predicted octanol–water partition coefficient (Wildman–Crippen LogP) is 1.19. The first-order valence-electron chi connectivity index (χ1n) is 8.05. The Morgan fingerprint density at radius 3 is 2.24 bits per heavy atom. The third-order valence-corrected chi connectivity index (χ3v) is 4.35. The van der Waals surface area contributed by atoms with Crippen molar-refractivity contribution >= 4 is 11.8 Å². The lowest BCUT2D eigenvalue weighted by Crippen LogP contribution is -2.53. The van der Waals surface area contributed by atoms with Crippen LogP contribution in [0.2, 0.25) is 0 Å². The molecule has 0 aromatic carbocycles. The lowest BCUT2D eigenvalue weighted by atomic mass is 9.91. The fraction of sp³-hybridized carbons (Fsp3) is 0.875. The van der Waals surface area contributed by atoms with Crippen molar-refractivity contribution in [3.05, 3.63) is 0 Å². The summed E-state index contributed by atoms with van der Waals surface area (Å²) in [6.07, 6.45) is 2.28. The summed E-state index contributed by atoms with van der Waals surface area (Å²) in [5, 5.41) is 0. The van der Waals surface area contributed by atoms with E-state index in [1.54, 1.807) is 0 Å². The molecule has 0 spiro atoms. The van der Waals surface area contributed by atoms with Crippen LogP contribution in [0.4, 0.5) is 0 Å². The Morgan fingerprint density at radius 1 is 1.05 bits per heavy atom. The van der Waals surface area contributed by atoms with Crippen LogP contribution in [0, 0.1) is 5.41 Å². The summed E-state index contributed by atoms with van der Waals surface area (Å²) in [4.78, 5) is 31.2. The first-order chi connectivity index (χ1) is 9.78. The van der Waals surface area contributed by atoms with Gasteiger partial charge in [-0.25, -0.2) is 0 Å². The van der Waals surface area contributed by atoms with Crippen molar-refractivity contribution in [1.82, 2.24) is 14.7 Å². The maximum Gasteiger partial charge on any atom is 0.245 e. The zero-order valence-corrected chi connectivity index (χ0v) is 13.9. The number of carbonyl (C=O) groups excluding carboxylic acids is 2. The van der Waals surface area contributed by atoms with E-state index in [2.05, 4.69) is 32.7 Å². The molecule has 2 fully saturated rings. The number of likely N-dealkylation sites (tertiary alicyclic amines) is 1. The van der Waals surface area contributed by atoms with Gasteiger partial charge in [0, 0.05) is 39.1 Å². The van der Waals surface area contributed by atoms with Crippen LogP contribution in [0.15, 0.2) is 0 Å². The Hall–Kier alpha value is -1.10. The summed E-state index contributed by atoms with van der Waals surface area (Å²) in [6, 6.07) is -0.219. The smallest absolute Gasteiger partial charge is 0.245 e. The summed E-state index contributed by atoms with van der Waals surface area (Å²) in [6.45, 7) is 10.4. The van der Waals surface area contributed by atoms with Crippen molar-refractivity contribution in [2.75, 3.05) is 39.8 Å². The van der Waals surface area contributed by atoms with E-state index in [0.29, 0.717) is 6.42 Å². The van der Waals surface area contributed by atoms with Crippen LogP contribution in [0.5, 0.6) is 0 Å². The molecule has 1 atom stereocenters. The highest BCUT2D eigenvalue weighted by molar-refractivity contribution is 5.88. The van der Waals surface area contributed by atoms with E-state index in [-0.39, 0.29) is 23.3 Å². The van der Waals surface area contributed by atoms with Gasteiger partial charge in [0.1, 0.15) is 6.04 Å². The van der Waals surface area contributed by atoms with E-state index in [4.69, 9.17) is 0 Å². The Kier molecular flexibility index (Phi) is 4.91. The van der Waals surface area contributed by atoms with Gasteiger partial charge >= 0.3 is 0 Å². The zero-order valence-electron chi connectivity index (χ0n) is 13.9. The minimum absolute atomic E-state index is 0.0267. The fourth-order valence-corrected chi connectivity index (χ4v) is 3.11. The average molecular weight is 295 g/mol. The molecular formula is C16H29N3O2. The predicted molar refractivity (Wildman–Crippen MR) is 82.9 cm³/mol. The van der Waals surface area contributed by atoms with Crippen LogP contribution in [-0.2, 0) is 9.59 Å². The largest absolute Gasteiger partial charge is 0.338 e. The molecule has 2 aliphatic heterocycles. The Morgan fingerprint density at radius 2 is 1.67 bits per heavy atom. The number of rotatable bonds is 2. The van der Waals surface area contributed by atoms with Crippen LogP contribution in [-0.4, -0.2) is 72.3 Å². The second-order valence-electron chi connectivity index (χ2n) is 7.61. The molecule has 0 aromatic heterocycles. The third-order valence-electron chi connectivity index (χ3n) is 4.35. The SMILES string of the molecule is CN1CCN(C(=O)C2CCCN2C(=O)CC(C)(C)C)CC1. The van der Waals surface area contributed by atoms with Crippen molar-refractivity contribution in [2.45, 2.75) is 46.1 Å². The molecule has 1 unspecified atom stereocenters. The minimum Gasteiger partial charge on any atom is -0.338 e. The second kappa shape index (κ2) is 6.34. The molecule has 0 radical (unpaired) electrons. The van der Waals surface area contributed by atoms with Gasteiger partial charge in [-0.1, -0.05) is 20.8 Å². The van der Waals surface area contributed by atoms with Crippen LogP contribution in [0.1, 0.15) is 40.0 Å². The minimum atomic E-state index is -0.219. The van der Waals surface area contributed by atoms with E-state index in [0.717, 1.165) is 45.6 Å². The van der Waals surface area contributed by atoms with Crippen LogP contribution in [0.25, 0.3) is 0 Å². The highest BCUT2D eigenvalue weighted by atomic mass is 16.2. The molecule has 0 saturated carbocycles. The molecule has 5 heteroatoms. The van der Waals surface area contributed by atoms with Gasteiger partial charge in [-0.3, -0.25) is 9.59 Å². The number of likely N-dealkylation sites (N-methyl/N-ethyl adjacent to an activating group) is 1. The van der Waals surface area contributed by atoms with E-state index in [1.165, 1.54) is 0 Å². The van der Waals surface area contributed by atoms with E-state index in [9.17, 15) is 9.59 Å².